The molecule has 1 aromatic carbocycles. The predicted octanol–water partition coefficient (Wildman–Crippen LogP) is 5.10. The molecule has 0 amide bonds. The Kier molecular flexibility index (Phi) is 4.05. The largest absolute Gasteiger partial charge is 0.446 e. The Balaban J connectivity index is 3.27. The van der Waals surface area contributed by atoms with Gasteiger partial charge in [-0.1, -0.05) is 0 Å². The van der Waals surface area contributed by atoms with Crippen LogP contribution in [0.5, 0.6) is 0 Å². The van der Waals surface area contributed by atoms with Gasteiger partial charge in [-0.3, -0.25) is 0 Å². The summed E-state index contributed by atoms with van der Waals surface area (Å²) in [6, 6.07) is 1.01. The van der Waals surface area contributed by atoms with Crippen molar-refractivity contribution < 1.29 is 22.0 Å². The maximum atomic E-state index is 13.1. The van der Waals surface area contributed by atoms with Gasteiger partial charge >= 0.3 is 5.51 Å². The molecule has 0 spiro atoms. The van der Waals surface area contributed by atoms with Gasteiger partial charge in [0.2, 0.25) is 0 Å². The van der Waals surface area contributed by atoms with Crippen LogP contribution in [-0.2, 0) is 0 Å². The van der Waals surface area contributed by atoms with Gasteiger partial charge in [0.05, 0.1) is 13.8 Å². The van der Waals surface area contributed by atoms with Crippen molar-refractivity contribution in [2.75, 3.05) is 0 Å². The molecule has 0 unspecified atom stereocenters. The van der Waals surface area contributed by atoms with Crippen LogP contribution >= 0.6 is 43.6 Å². The van der Waals surface area contributed by atoms with Crippen LogP contribution in [0.1, 0.15) is 0 Å². The fourth-order valence-electron chi connectivity index (χ4n) is 0.757. The molecule has 0 aromatic heterocycles. The molecule has 0 aliphatic rings. The Labute approximate surface area is 102 Å². The third-order valence-electron chi connectivity index (χ3n) is 1.29. The van der Waals surface area contributed by atoms with Crippen molar-refractivity contribution in [3.8, 4) is 0 Å². The Morgan fingerprint density at radius 1 is 1.00 bits per heavy atom. The zero-order valence-corrected chi connectivity index (χ0v) is 10.6. The van der Waals surface area contributed by atoms with E-state index in [1.165, 1.54) is 0 Å². The summed E-state index contributed by atoms with van der Waals surface area (Å²) in [7, 11) is 0. The number of benzene rings is 1. The number of hydrogen-bond donors (Lipinski definition) is 0. The van der Waals surface area contributed by atoms with Crippen molar-refractivity contribution in [3.63, 3.8) is 0 Å². The van der Waals surface area contributed by atoms with E-state index in [1.54, 1.807) is 0 Å². The summed E-state index contributed by atoms with van der Waals surface area (Å²) in [4.78, 5) is -1.08. The van der Waals surface area contributed by atoms with E-state index in [1.807, 2.05) is 0 Å². The fourth-order valence-corrected chi connectivity index (χ4v) is 2.81. The molecular weight excluding hydrogens is 371 g/mol. The topological polar surface area (TPSA) is 0 Å². The number of thioether (sulfide) groups is 1. The summed E-state index contributed by atoms with van der Waals surface area (Å²) in [6.07, 6.45) is 0. The lowest BCUT2D eigenvalue weighted by Crippen LogP contribution is -2.03. The first-order valence-electron chi connectivity index (χ1n) is 3.31. The van der Waals surface area contributed by atoms with Gasteiger partial charge in [-0.05, 0) is 49.7 Å². The van der Waals surface area contributed by atoms with Crippen molar-refractivity contribution in [1.29, 1.82) is 0 Å². The second-order valence-electron chi connectivity index (χ2n) is 2.35. The maximum absolute atomic E-state index is 13.1. The molecule has 0 saturated carbocycles. The standard InChI is InChI=1S/C7HBr2F5S/c8-2-1-3(9)5(11)6(4(2)10)15-7(12,13)14/h1H. The number of alkyl halides is 3. The summed E-state index contributed by atoms with van der Waals surface area (Å²) in [5.74, 6) is -2.53. The first-order chi connectivity index (χ1) is 6.72. The van der Waals surface area contributed by atoms with E-state index in [4.69, 9.17) is 0 Å². The van der Waals surface area contributed by atoms with Gasteiger partial charge in [0.25, 0.3) is 0 Å². The highest BCUT2D eigenvalue weighted by Crippen LogP contribution is 2.42. The molecule has 0 aliphatic carbocycles. The van der Waals surface area contributed by atoms with E-state index in [2.05, 4.69) is 31.9 Å². The maximum Gasteiger partial charge on any atom is 0.446 e. The molecule has 1 aromatic rings. The van der Waals surface area contributed by atoms with Crippen LogP contribution in [0.3, 0.4) is 0 Å². The van der Waals surface area contributed by atoms with Gasteiger partial charge in [0.1, 0.15) is 0 Å². The highest BCUT2D eigenvalue weighted by molar-refractivity contribution is 9.11. The minimum absolute atomic E-state index is 0.234. The summed E-state index contributed by atoms with van der Waals surface area (Å²) in [6.45, 7) is 0. The molecule has 0 bridgehead atoms. The molecule has 0 nitrogen and oxygen atoms in total. The summed E-state index contributed by atoms with van der Waals surface area (Å²) >= 11 is 4.54. The zero-order valence-electron chi connectivity index (χ0n) is 6.63. The molecule has 1 rings (SSSR count). The van der Waals surface area contributed by atoms with Crippen LogP contribution in [-0.4, -0.2) is 5.51 Å². The van der Waals surface area contributed by atoms with Gasteiger partial charge in [-0.25, -0.2) is 8.78 Å². The van der Waals surface area contributed by atoms with Crippen LogP contribution in [0.25, 0.3) is 0 Å². The lowest BCUT2D eigenvalue weighted by Gasteiger charge is -2.09. The van der Waals surface area contributed by atoms with Crippen molar-refractivity contribution >= 4 is 43.6 Å². The van der Waals surface area contributed by atoms with Crippen molar-refractivity contribution in [2.45, 2.75) is 10.4 Å². The molecule has 0 radical (unpaired) electrons. The predicted molar refractivity (Wildman–Crippen MR) is 53.7 cm³/mol. The summed E-state index contributed by atoms with van der Waals surface area (Å²) in [5, 5.41) is 0. The SMILES string of the molecule is Fc1c(Br)cc(Br)c(F)c1SC(F)(F)F. The summed E-state index contributed by atoms with van der Waals surface area (Å²) < 4.78 is 61.7. The van der Waals surface area contributed by atoms with E-state index in [-0.39, 0.29) is 8.95 Å². The first kappa shape index (κ1) is 13.2. The molecule has 84 valence electrons. The van der Waals surface area contributed by atoms with Crippen LogP contribution in [0.4, 0.5) is 22.0 Å². The molecule has 0 heterocycles. The molecule has 0 N–H and O–H groups in total. The Hall–Kier alpha value is 0.180. The molecule has 0 aliphatic heterocycles. The highest BCUT2D eigenvalue weighted by Gasteiger charge is 2.33. The molecule has 0 atom stereocenters. The van der Waals surface area contributed by atoms with Gasteiger partial charge in [0.15, 0.2) is 11.6 Å². The number of hydrogen-bond acceptors (Lipinski definition) is 1. The third-order valence-corrected chi connectivity index (χ3v) is 3.24. The first-order valence-corrected chi connectivity index (χ1v) is 5.71. The highest BCUT2D eigenvalue weighted by atomic mass is 79.9. The second kappa shape index (κ2) is 4.58. The quantitative estimate of drug-likeness (QED) is 0.376. The van der Waals surface area contributed by atoms with E-state index >= 15 is 0 Å². The Morgan fingerprint density at radius 3 is 1.73 bits per heavy atom. The normalized spacial score (nSPS) is 11.9. The number of halogens is 7. The molecule has 15 heavy (non-hydrogen) atoms. The molecule has 8 heteroatoms. The second-order valence-corrected chi connectivity index (χ2v) is 5.13. The van der Waals surface area contributed by atoms with E-state index in [0.717, 1.165) is 6.07 Å². The van der Waals surface area contributed by atoms with Crippen molar-refractivity contribution in [2.24, 2.45) is 0 Å². The number of rotatable bonds is 1. The van der Waals surface area contributed by atoms with Crippen LogP contribution < -0.4 is 0 Å². The van der Waals surface area contributed by atoms with Crippen LogP contribution in [0.15, 0.2) is 19.9 Å². The van der Waals surface area contributed by atoms with Gasteiger partial charge in [0, 0.05) is 0 Å². The molecule has 0 saturated heterocycles. The van der Waals surface area contributed by atoms with Crippen molar-refractivity contribution in [3.05, 3.63) is 26.6 Å². The lowest BCUT2D eigenvalue weighted by molar-refractivity contribution is -0.0330. The summed E-state index contributed by atoms with van der Waals surface area (Å²) in [5.41, 5.74) is -4.73. The Bertz CT molecular complexity index is 364. The third kappa shape index (κ3) is 3.32. The van der Waals surface area contributed by atoms with Gasteiger partial charge in [-0.15, -0.1) is 0 Å². The van der Waals surface area contributed by atoms with E-state index in [9.17, 15) is 22.0 Å². The van der Waals surface area contributed by atoms with Crippen LogP contribution in [0.2, 0.25) is 0 Å². The monoisotopic (exact) mass is 370 g/mol. The fraction of sp³-hybridized carbons (Fsp3) is 0.143. The smallest absolute Gasteiger partial charge is 0.204 e. The van der Waals surface area contributed by atoms with Crippen LogP contribution in [0, 0.1) is 11.6 Å². The average Bonchev–Trinajstić information content (AvgIpc) is 2.08. The van der Waals surface area contributed by atoms with E-state index in [0.29, 0.717) is 0 Å². The zero-order chi connectivity index (χ0) is 11.8. The minimum atomic E-state index is -4.73. The minimum Gasteiger partial charge on any atom is -0.204 e. The Morgan fingerprint density at radius 2 is 1.40 bits per heavy atom. The molecule has 0 fully saturated rings. The molecular formula is C7HBr2F5S. The average molecular weight is 372 g/mol. The van der Waals surface area contributed by atoms with Gasteiger partial charge < -0.3 is 0 Å². The lowest BCUT2D eigenvalue weighted by atomic mass is 10.3. The van der Waals surface area contributed by atoms with Crippen molar-refractivity contribution in [1.82, 2.24) is 0 Å². The van der Waals surface area contributed by atoms with E-state index < -0.39 is 33.8 Å². The van der Waals surface area contributed by atoms with Gasteiger partial charge in [-0.2, -0.15) is 13.2 Å².